The van der Waals surface area contributed by atoms with E-state index in [2.05, 4.69) is 10.6 Å². The molecule has 0 radical (unpaired) electrons. The average molecular weight is 302 g/mol. The summed E-state index contributed by atoms with van der Waals surface area (Å²) >= 11 is 1.35. The highest BCUT2D eigenvalue weighted by molar-refractivity contribution is 7.12. The first-order valence-corrected chi connectivity index (χ1v) is 7.65. The zero-order valence-electron chi connectivity index (χ0n) is 12.0. The molecule has 0 bridgehead atoms. The van der Waals surface area contributed by atoms with E-state index in [1.54, 1.807) is 13.0 Å². The van der Waals surface area contributed by atoms with Crippen LogP contribution in [0.4, 0.5) is 0 Å². The first-order chi connectivity index (χ1) is 10.1. The zero-order chi connectivity index (χ0) is 15.2. The number of carbonyl (C=O) groups is 2. The Kier molecular flexibility index (Phi) is 5.11. The molecule has 0 aliphatic carbocycles. The first kappa shape index (κ1) is 15.3. The Bertz CT molecular complexity index is 596. The molecule has 2 aromatic rings. The van der Waals surface area contributed by atoms with Crippen LogP contribution in [0.5, 0.6) is 0 Å². The van der Waals surface area contributed by atoms with Gasteiger partial charge in [0.1, 0.15) is 6.04 Å². The standard InChI is InChI=1S/C16H18N2O2S/c1-11(13-7-4-3-5-8-13)17-15(19)12(2)18-16(20)14-9-6-10-21-14/h3-12H,1-2H3,(H,17,19)(H,18,20)/t11-,12+/m1/s1. The molecule has 110 valence electrons. The molecular weight excluding hydrogens is 284 g/mol. The monoisotopic (exact) mass is 302 g/mol. The summed E-state index contributed by atoms with van der Waals surface area (Å²) in [5.41, 5.74) is 1.03. The number of amides is 2. The molecule has 21 heavy (non-hydrogen) atoms. The zero-order valence-corrected chi connectivity index (χ0v) is 12.8. The lowest BCUT2D eigenvalue weighted by atomic mass is 10.1. The smallest absolute Gasteiger partial charge is 0.261 e. The van der Waals surface area contributed by atoms with Crippen molar-refractivity contribution >= 4 is 23.2 Å². The van der Waals surface area contributed by atoms with Crippen LogP contribution in [0, 0.1) is 0 Å². The SMILES string of the molecule is C[C@H](NC(=O)c1cccs1)C(=O)N[C@H](C)c1ccccc1. The summed E-state index contributed by atoms with van der Waals surface area (Å²) in [5, 5.41) is 7.43. The largest absolute Gasteiger partial charge is 0.348 e. The van der Waals surface area contributed by atoms with Crippen molar-refractivity contribution in [1.82, 2.24) is 10.6 Å². The van der Waals surface area contributed by atoms with E-state index < -0.39 is 6.04 Å². The molecule has 2 amide bonds. The van der Waals surface area contributed by atoms with Crippen molar-refractivity contribution in [2.75, 3.05) is 0 Å². The Labute approximate surface area is 128 Å². The lowest BCUT2D eigenvalue weighted by Crippen LogP contribution is -2.45. The van der Waals surface area contributed by atoms with E-state index in [4.69, 9.17) is 0 Å². The van der Waals surface area contributed by atoms with Crippen molar-refractivity contribution in [3.05, 3.63) is 58.3 Å². The Balaban J connectivity index is 1.89. The molecule has 0 fully saturated rings. The summed E-state index contributed by atoms with van der Waals surface area (Å²) < 4.78 is 0. The number of benzene rings is 1. The lowest BCUT2D eigenvalue weighted by molar-refractivity contribution is -0.123. The highest BCUT2D eigenvalue weighted by Gasteiger charge is 2.19. The minimum Gasteiger partial charge on any atom is -0.348 e. The maximum Gasteiger partial charge on any atom is 0.261 e. The second-order valence-electron chi connectivity index (χ2n) is 4.81. The van der Waals surface area contributed by atoms with E-state index in [9.17, 15) is 9.59 Å². The topological polar surface area (TPSA) is 58.2 Å². The Morgan fingerprint density at radius 1 is 1.00 bits per heavy atom. The molecule has 2 atom stereocenters. The van der Waals surface area contributed by atoms with Gasteiger partial charge in [-0.2, -0.15) is 0 Å². The molecule has 2 N–H and O–H groups in total. The third-order valence-electron chi connectivity index (χ3n) is 3.14. The average Bonchev–Trinajstić information content (AvgIpc) is 3.02. The summed E-state index contributed by atoms with van der Waals surface area (Å²) in [6, 6.07) is 12.6. The third-order valence-corrected chi connectivity index (χ3v) is 4.01. The predicted octanol–water partition coefficient (Wildman–Crippen LogP) is 2.74. The predicted molar refractivity (Wildman–Crippen MR) is 84.2 cm³/mol. The number of rotatable bonds is 5. The van der Waals surface area contributed by atoms with Crippen LogP contribution in [0.2, 0.25) is 0 Å². The van der Waals surface area contributed by atoms with Crippen LogP contribution in [0.1, 0.15) is 35.1 Å². The third kappa shape index (κ3) is 4.16. The van der Waals surface area contributed by atoms with Crippen LogP contribution in [0.25, 0.3) is 0 Å². The fourth-order valence-corrected chi connectivity index (χ4v) is 2.53. The number of carbonyl (C=O) groups excluding carboxylic acids is 2. The van der Waals surface area contributed by atoms with Gasteiger partial charge in [-0.25, -0.2) is 0 Å². The van der Waals surface area contributed by atoms with Crippen molar-refractivity contribution in [1.29, 1.82) is 0 Å². The molecule has 1 aromatic heterocycles. The Hall–Kier alpha value is -2.14. The fourth-order valence-electron chi connectivity index (χ4n) is 1.90. The number of nitrogens with one attached hydrogen (secondary N) is 2. The van der Waals surface area contributed by atoms with Gasteiger partial charge in [-0.15, -0.1) is 11.3 Å². The van der Waals surface area contributed by atoms with Crippen molar-refractivity contribution in [2.24, 2.45) is 0 Å². The van der Waals surface area contributed by atoms with Gasteiger partial charge in [-0.3, -0.25) is 9.59 Å². The first-order valence-electron chi connectivity index (χ1n) is 6.77. The maximum atomic E-state index is 12.1. The fraction of sp³-hybridized carbons (Fsp3) is 0.250. The summed E-state index contributed by atoms with van der Waals surface area (Å²) in [6.45, 7) is 3.60. The van der Waals surface area contributed by atoms with Crippen molar-refractivity contribution in [3.8, 4) is 0 Å². The van der Waals surface area contributed by atoms with Crippen LogP contribution in [-0.4, -0.2) is 17.9 Å². The van der Waals surface area contributed by atoms with Crippen LogP contribution < -0.4 is 10.6 Å². The molecular formula is C16H18N2O2S. The van der Waals surface area contributed by atoms with E-state index in [1.807, 2.05) is 48.7 Å². The number of hydrogen-bond acceptors (Lipinski definition) is 3. The van der Waals surface area contributed by atoms with Crippen molar-refractivity contribution < 1.29 is 9.59 Å². The highest BCUT2D eigenvalue weighted by Crippen LogP contribution is 2.11. The van der Waals surface area contributed by atoms with E-state index in [1.165, 1.54) is 11.3 Å². The van der Waals surface area contributed by atoms with E-state index in [0.717, 1.165) is 5.56 Å². The van der Waals surface area contributed by atoms with Gasteiger partial charge in [-0.1, -0.05) is 36.4 Å². The van der Waals surface area contributed by atoms with Crippen LogP contribution >= 0.6 is 11.3 Å². The summed E-state index contributed by atoms with van der Waals surface area (Å²) in [7, 11) is 0. The molecule has 0 saturated carbocycles. The van der Waals surface area contributed by atoms with Gasteiger partial charge in [0.05, 0.1) is 10.9 Å². The van der Waals surface area contributed by atoms with Crippen molar-refractivity contribution in [3.63, 3.8) is 0 Å². The molecule has 0 spiro atoms. The minimum absolute atomic E-state index is 0.0974. The van der Waals surface area contributed by atoms with E-state index >= 15 is 0 Å². The van der Waals surface area contributed by atoms with E-state index in [-0.39, 0.29) is 17.9 Å². The van der Waals surface area contributed by atoms with Gasteiger partial charge in [-0.05, 0) is 30.9 Å². The van der Waals surface area contributed by atoms with E-state index in [0.29, 0.717) is 4.88 Å². The molecule has 0 unspecified atom stereocenters. The summed E-state index contributed by atoms with van der Waals surface area (Å²) in [4.78, 5) is 24.6. The van der Waals surface area contributed by atoms with Gasteiger partial charge in [0.25, 0.3) is 5.91 Å². The number of hydrogen-bond donors (Lipinski definition) is 2. The Morgan fingerprint density at radius 3 is 2.33 bits per heavy atom. The van der Waals surface area contributed by atoms with Gasteiger partial charge in [0.2, 0.25) is 5.91 Å². The van der Waals surface area contributed by atoms with Gasteiger partial charge >= 0.3 is 0 Å². The molecule has 0 saturated heterocycles. The van der Waals surface area contributed by atoms with Gasteiger partial charge < -0.3 is 10.6 Å². The van der Waals surface area contributed by atoms with Crippen LogP contribution in [0.3, 0.4) is 0 Å². The molecule has 0 aliphatic rings. The quantitative estimate of drug-likeness (QED) is 0.892. The molecule has 0 aliphatic heterocycles. The normalized spacial score (nSPS) is 13.2. The molecule has 2 rings (SSSR count). The van der Waals surface area contributed by atoms with Crippen molar-refractivity contribution in [2.45, 2.75) is 25.9 Å². The maximum absolute atomic E-state index is 12.1. The van der Waals surface area contributed by atoms with Gasteiger partial charge in [0, 0.05) is 0 Å². The van der Waals surface area contributed by atoms with Gasteiger partial charge in [0.15, 0.2) is 0 Å². The Morgan fingerprint density at radius 2 is 1.71 bits per heavy atom. The second-order valence-corrected chi connectivity index (χ2v) is 5.76. The minimum atomic E-state index is -0.578. The second kappa shape index (κ2) is 7.04. The molecule has 1 aromatic carbocycles. The summed E-state index contributed by atoms with van der Waals surface area (Å²) in [6.07, 6.45) is 0. The van der Waals surface area contributed by atoms with Crippen LogP contribution in [-0.2, 0) is 4.79 Å². The summed E-state index contributed by atoms with van der Waals surface area (Å²) in [5.74, 6) is -0.420. The molecule has 5 heteroatoms. The lowest BCUT2D eigenvalue weighted by Gasteiger charge is -2.18. The van der Waals surface area contributed by atoms with Crippen LogP contribution in [0.15, 0.2) is 47.8 Å². The molecule has 1 heterocycles. The molecule has 4 nitrogen and oxygen atoms in total. The highest BCUT2D eigenvalue weighted by atomic mass is 32.1. The number of thiophene rings is 1.